The van der Waals surface area contributed by atoms with Crippen molar-refractivity contribution in [3.05, 3.63) is 65.0 Å². The van der Waals surface area contributed by atoms with Crippen molar-refractivity contribution in [2.24, 2.45) is 10.1 Å². The molecular formula is C23H24N6OS. The number of aromatic nitrogens is 1. The second kappa shape index (κ2) is 8.19. The van der Waals surface area contributed by atoms with E-state index in [1.165, 1.54) is 34.3 Å². The zero-order valence-electron chi connectivity index (χ0n) is 17.4. The molecule has 0 spiro atoms. The Balaban J connectivity index is 1.40. The van der Waals surface area contributed by atoms with Crippen molar-refractivity contribution in [2.45, 2.75) is 32.7 Å². The predicted octanol–water partition coefficient (Wildman–Crippen LogP) is 3.91. The molecule has 3 aliphatic rings. The molecule has 1 aromatic heterocycles. The maximum Gasteiger partial charge on any atom is 0.283 e. The minimum atomic E-state index is -0.387. The van der Waals surface area contributed by atoms with Crippen molar-refractivity contribution < 1.29 is 4.79 Å². The molecule has 0 unspecified atom stereocenters. The second-order valence-corrected chi connectivity index (χ2v) is 8.93. The summed E-state index contributed by atoms with van der Waals surface area (Å²) < 4.78 is 2.07. The standard InChI is InChI=1S/C23H24N6OS/c1-16-7-9-17(10-8-16)15-28-13-5-6-18(28)14-19-20(24)29-22(25-21(19)30)31-23(26-29)27-11-3-2-4-12-27/h5-10,13-14,24H,2-4,11-12,15H2,1H3/b19-14-,24-20?. The first-order valence-electron chi connectivity index (χ1n) is 10.5. The summed E-state index contributed by atoms with van der Waals surface area (Å²) in [4.78, 5) is 19.2. The van der Waals surface area contributed by atoms with E-state index in [1.807, 2.05) is 18.3 Å². The second-order valence-electron chi connectivity index (χ2n) is 8.00. The molecule has 0 atom stereocenters. The fraction of sp³-hybridized carbons (Fsp3) is 0.304. The maximum atomic E-state index is 12.8. The first-order chi connectivity index (χ1) is 15.1. The Labute approximate surface area is 185 Å². The molecule has 7 nitrogen and oxygen atoms in total. The fourth-order valence-electron chi connectivity index (χ4n) is 3.94. The monoisotopic (exact) mass is 432 g/mol. The average Bonchev–Trinajstić information content (AvgIpc) is 3.40. The van der Waals surface area contributed by atoms with Gasteiger partial charge in [0.15, 0.2) is 11.0 Å². The number of aliphatic imine (C=N–C) groups is 1. The number of aryl methyl sites for hydroxylation is 1. The van der Waals surface area contributed by atoms with Gasteiger partial charge in [0.2, 0.25) is 5.17 Å². The van der Waals surface area contributed by atoms with Crippen LogP contribution < -0.4 is 0 Å². The van der Waals surface area contributed by atoms with Crippen molar-refractivity contribution >= 4 is 39.9 Å². The van der Waals surface area contributed by atoms with E-state index in [9.17, 15) is 4.79 Å². The van der Waals surface area contributed by atoms with Crippen molar-refractivity contribution in [1.82, 2.24) is 14.5 Å². The van der Waals surface area contributed by atoms with Crippen LogP contribution in [0.1, 0.15) is 36.1 Å². The number of hydrazone groups is 1. The SMILES string of the molecule is Cc1ccc(Cn2cccc2/C=C2/C(=N)N3N=C(N4CCCCC4)SC3=NC2=O)cc1. The molecule has 1 aromatic carbocycles. The molecule has 2 aromatic rings. The predicted molar refractivity (Wildman–Crippen MR) is 125 cm³/mol. The number of benzene rings is 1. The topological polar surface area (TPSA) is 77.1 Å². The van der Waals surface area contributed by atoms with Gasteiger partial charge in [-0.1, -0.05) is 29.8 Å². The zero-order valence-corrected chi connectivity index (χ0v) is 18.2. The Morgan fingerprint density at radius 3 is 2.65 bits per heavy atom. The highest BCUT2D eigenvalue weighted by atomic mass is 32.2. The van der Waals surface area contributed by atoms with Gasteiger partial charge in [-0.05, 0) is 61.7 Å². The van der Waals surface area contributed by atoms with Crippen molar-refractivity contribution in [1.29, 1.82) is 5.41 Å². The third-order valence-corrected chi connectivity index (χ3v) is 6.67. The van der Waals surface area contributed by atoms with Crippen LogP contribution in [0.15, 0.2) is 58.3 Å². The van der Waals surface area contributed by atoms with E-state index in [4.69, 9.17) is 5.41 Å². The number of likely N-dealkylation sites (tertiary alicyclic amines) is 1. The highest BCUT2D eigenvalue weighted by Crippen LogP contribution is 2.30. The van der Waals surface area contributed by atoms with Crippen LogP contribution in [0.25, 0.3) is 6.08 Å². The summed E-state index contributed by atoms with van der Waals surface area (Å²) in [6.07, 6.45) is 7.26. The van der Waals surface area contributed by atoms with E-state index in [2.05, 4.69) is 50.8 Å². The molecule has 1 amide bonds. The van der Waals surface area contributed by atoms with E-state index in [1.54, 1.807) is 6.08 Å². The molecule has 158 valence electrons. The fourth-order valence-corrected chi connectivity index (χ4v) is 4.88. The number of fused-ring (bicyclic) bond motifs is 1. The van der Waals surface area contributed by atoms with Crippen LogP contribution >= 0.6 is 11.8 Å². The summed E-state index contributed by atoms with van der Waals surface area (Å²) in [5.74, 6) is -0.306. The molecule has 0 radical (unpaired) electrons. The Hall–Kier alpha value is -3.13. The lowest BCUT2D eigenvalue weighted by Gasteiger charge is -2.26. The first-order valence-corrected chi connectivity index (χ1v) is 11.4. The third kappa shape index (κ3) is 3.95. The van der Waals surface area contributed by atoms with Gasteiger partial charge in [0.1, 0.15) is 0 Å². The van der Waals surface area contributed by atoms with E-state index in [-0.39, 0.29) is 17.3 Å². The van der Waals surface area contributed by atoms with Crippen LogP contribution in [-0.2, 0) is 11.3 Å². The number of piperidine rings is 1. The van der Waals surface area contributed by atoms with E-state index in [0.717, 1.165) is 36.8 Å². The quantitative estimate of drug-likeness (QED) is 0.746. The summed E-state index contributed by atoms with van der Waals surface area (Å²) in [5, 5.41) is 16.0. The van der Waals surface area contributed by atoms with Crippen LogP contribution in [0.4, 0.5) is 0 Å². The van der Waals surface area contributed by atoms with Gasteiger partial charge in [-0.2, -0.15) is 10.0 Å². The van der Waals surface area contributed by atoms with Gasteiger partial charge >= 0.3 is 0 Å². The maximum absolute atomic E-state index is 12.8. The lowest BCUT2D eigenvalue weighted by atomic mass is 10.1. The van der Waals surface area contributed by atoms with Crippen molar-refractivity contribution in [3.63, 3.8) is 0 Å². The molecule has 4 heterocycles. The van der Waals surface area contributed by atoms with Gasteiger partial charge < -0.3 is 9.47 Å². The van der Waals surface area contributed by atoms with Crippen LogP contribution in [0.2, 0.25) is 0 Å². The molecule has 5 rings (SSSR count). The summed E-state index contributed by atoms with van der Waals surface area (Å²) in [6, 6.07) is 12.3. The number of amides is 1. The summed E-state index contributed by atoms with van der Waals surface area (Å²) in [6.45, 7) is 4.69. The van der Waals surface area contributed by atoms with Gasteiger partial charge in [0, 0.05) is 31.5 Å². The highest BCUT2D eigenvalue weighted by Gasteiger charge is 2.37. The zero-order chi connectivity index (χ0) is 21.4. The van der Waals surface area contributed by atoms with Crippen LogP contribution in [0.5, 0.6) is 0 Å². The first kappa shape index (κ1) is 19.8. The number of amidine groups is 3. The van der Waals surface area contributed by atoms with Gasteiger partial charge in [0.25, 0.3) is 5.91 Å². The molecule has 0 saturated carbocycles. The smallest absolute Gasteiger partial charge is 0.283 e. The van der Waals surface area contributed by atoms with Crippen molar-refractivity contribution in [3.8, 4) is 0 Å². The number of thioether (sulfide) groups is 1. The van der Waals surface area contributed by atoms with Crippen LogP contribution in [0.3, 0.4) is 0 Å². The van der Waals surface area contributed by atoms with Gasteiger partial charge in [-0.3, -0.25) is 10.2 Å². The number of hydrogen-bond acceptors (Lipinski definition) is 5. The molecule has 1 fully saturated rings. The Morgan fingerprint density at radius 2 is 1.87 bits per heavy atom. The van der Waals surface area contributed by atoms with Crippen LogP contribution in [0, 0.1) is 12.3 Å². The Morgan fingerprint density at radius 1 is 1.10 bits per heavy atom. The minimum absolute atomic E-state index is 0.0811. The summed E-state index contributed by atoms with van der Waals surface area (Å²) >= 11 is 1.38. The normalized spacial score (nSPS) is 20.2. The van der Waals surface area contributed by atoms with E-state index in [0.29, 0.717) is 11.7 Å². The lowest BCUT2D eigenvalue weighted by Crippen LogP contribution is -2.35. The van der Waals surface area contributed by atoms with E-state index >= 15 is 0 Å². The Bertz CT molecular complexity index is 1120. The van der Waals surface area contributed by atoms with Gasteiger partial charge in [-0.15, -0.1) is 5.10 Å². The summed E-state index contributed by atoms with van der Waals surface area (Å²) in [5.41, 5.74) is 3.52. The molecule has 8 heteroatoms. The highest BCUT2D eigenvalue weighted by molar-refractivity contribution is 8.26. The van der Waals surface area contributed by atoms with E-state index < -0.39 is 0 Å². The average molecular weight is 433 g/mol. The minimum Gasteiger partial charge on any atom is -0.349 e. The number of nitrogens with one attached hydrogen (secondary N) is 1. The largest absolute Gasteiger partial charge is 0.349 e. The third-order valence-electron chi connectivity index (χ3n) is 5.70. The van der Waals surface area contributed by atoms with Crippen LogP contribution in [-0.4, -0.2) is 49.6 Å². The number of carbonyl (C=O) groups is 1. The number of hydrogen-bond donors (Lipinski definition) is 1. The van der Waals surface area contributed by atoms with Gasteiger partial charge in [-0.25, -0.2) is 0 Å². The number of nitrogens with zero attached hydrogens (tertiary/aromatic N) is 5. The lowest BCUT2D eigenvalue weighted by molar-refractivity contribution is -0.114. The molecule has 0 aliphatic carbocycles. The van der Waals surface area contributed by atoms with Gasteiger partial charge in [0.05, 0.1) is 5.57 Å². The number of carbonyl (C=O) groups excluding carboxylic acids is 1. The molecular weight excluding hydrogens is 408 g/mol. The molecule has 31 heavy (non-hydrogen) atoms. The molecule has 1 saturated heterocycles. The molecule has 1 N–H and O–H groups in total. The Kier molecular flexibility index (Phi) is 5.23. The molecule has 0 bridgehead atoms. The van der Waals surface area contributed by atoms with Crippen molar-refractivity contribution in [2.75, 3.05) is 13.1 Å². The number of rotatable bonds is 3. The summed E-state index contributed by atoms with van der Waals surface area (Å²) in [7, 11) is 0. The molecule has 3 aliphatic heterocycles.